The van der Waals surface area contributed by atoms with Crippen LogP contribution in [0, 0.1) is 5.92 Å². The zero-order valence-corrected chi connectivity index (χ0v) is 12.2. The van der Waals surface area contributed by atoms with Crippen LogP contribution in [0.2, 0.25) is 0 Å². The van der Waals surface area contributed by atoms with Crippen molar-refractivity contribution in [3.05, 3.63) is 47.7 Å². The van der Waals surface area contributed by atoms with Gasteiger partial charge in [-0.2, -0.15) is 0 Å². The summed E-state index contributed by atoms with van der Waals surface area (Å²) < 4.78 is 16.9. The van der Waals surface area contributed by atoms with Crippen molar-refractivity contribution in [3.8, 4) is 0 Å². The number of esters is 1. The number of carbonyl (C=O) groups excluding carboxylic acids is 1. The minimum Gasteiger partial charge on any atom is -0.459 e. The van der Waals surface area contributed by atoms with Crippen LogP contribution >= 0.6 is 0 Å². The molecular formula is C17H20FNO2. The predicted octanol–water partition coefficient (Wildman–Crippen LogP) is 3.67. The summed E-state index contributed by atoms with van der Waals surface area (Å²) in [5.41, 5.74) is 1.82. The molecule has 0 saturated heterocycles. The molecule has 1 aliphatic heterocycles. The van der Waals surface area contributed by atoms with Gasteiger partial charge in [0.15, 0.2) is 0 Å². The lowest BCUT2D eigenvalue weighted by molar-refractivity contribution is -0.139. The Morgan fingerprint density at radius 3 is 2.86 bits per heavy atom. The monoisotopic (exact) mass is 289 g/mol. The van der Waals surface area contributed by atoms with Crippen LogP contribution in [0.4, 0.5) is 4.39 Å². The lowest BCUT2D eigenvalue weighted by Gasteiger charge is -2.15. The number of aliphatic imine (C=N–C) groups is 1. The Hall–Kier alpha value is -1.97. The molecule has 0 spiro atoms. The summed E-state index contributed by atoms with van der Waals surface area (Å²) in [5.74, 6) is -0.0610. The molecule has 1 heterocycles. The van der Waals surface area contributed by atoms with E-state index in [-0.39, 0.29) is 12.5 Å². The van der Waals surface area contributed by atoms with Crippen molar-refractivity contribution in [2.24, 2.45) is 10.9 Å². The topological polar surface area (TPSA) is 38.7 Å². The molecule has 1 aliphatic rings. The zero-order valence-electron chi connectivity index (χ0n) is 12.2. The third kappa shape index (κ3) is 4.25. The highest BCUT2D eigenvalue weighted by Crippen LogP contribution is 2.27. The molecule has 0 aromatic heterocycles. The summed E-state index contributed by atoms with van der Waals surface area (Å²) in [6.45, 7) is 1.32. The number of alkyl halides is 1. The average Bonchev–Trinajstić information content (AvgIpc) is 2.99. The van der Waals surface area contributed by atoms with Crippen molar-refractivity contribution in [1.82, 2.24) is 0 Å². The quantitative estimate of drug-likeness (QED) is 0.718. The molecule has 0 fully saturated rings. The number of nitrogens with zero attached hydrogens (tertiary/aromatic N) is 1. The Bertz CT molecular complexity index is 525. The van der Waals surface area contributed by atoms with Crippen LogP contribution in [-0.4, -0.2) is 25.5 Å². The predicted molar refractivity (Wildman–Crippen MR) is 81.1 cm³/mol. The number of rotatable bonds is 7. The molecule has 2 atom stereocenters. The standard InChI is InChI=1S/C17H20FNO2/c1-13(14-5-3-2-4-6-14)7-8-15-11-19-12-16(15)17(20)21-10-9-18/h2-6,11-13,15H,7-10H2,1H3/t13-,15?/m1/s1. The normalized spacial score (nSPS) is 18.4. The second-order valence-electron chi connectivity index (χ2n) is 5.20. The molecule has 0 aliphatic carbocycles. The molecule has 1 aromatic carbocycles. The largest absolute Gasteiger partial charge is 0.459 e. The van der Waals surface area contributed by atoms with E-state index < -0.39 is 12.6 Å². The maximum Gasteiger partial charge on any atom is 0.336 e. The number of benzene rings is 1. The maximum atomic E-state index is 12.1. The Kier molecular flexibility index (Phi) is 5.67. The van der Waals surface area contributed by atoms with Crippen LogP contribution in [0.25, 0.3) is 0 Å². The molecule has 0 N–H and O–H groups in total. The smallest absolute Gasteiger partial charge is 0.336 e. The van der Waals surface area contributed by atoms with Crippen LogP contribution in [0.3, 0.4) is 0 Å². The molecule has 0 saturated carbocycles. The fourth-order valence-electron chi connectivity index (χ4n) is 2.43. The van der Waals surface area contributed by atoms with E-state index in [0.717, 1.165) is 12.8 Å². The van der Waals surface area contributed by atoms with Crippen molar-refractivity contribution < 1.29 is 13.9 Å². The lowest BCUT2D eigenvalue weighted by atomic mass is 9.89. The first-order chi connectivity index (χ1) is 10.2. The Morgan fingerprint density at radius 2 is 2.14 bits per heavy atom. The minimum absolute atomic E-state index is 0.0247. The lowest BCUT2D eigenvalue weighted by Crippen LogP contribution is -2.16. The summed E-state index contributed by atoms with van der Waals surface area (Å²) in [5, 5.41) is 0. The fraction of sp³-hybridized carbons (Fsp3) is 0.412. The van der Waals surface area contributed by atoms with Crippen molar-refractivity contribution in [1.29, 1.82) is 0 Å². The Balaban J connectivity index is 1.86. The molecule has 1 aromatic rings. The first-order valence-corrected chi connectivity index (χ1v) is 7.23. The highest BCUT2D eigenvalue weighted by molar-refractivity contribution is 5.95. The van der Waals surface area contributed by atoms with E-state index in [1.807, 2.05) is 18.2 Å². The molecule has 112 valence electrons. The van der Waals surface area contributed by atoms with Crippen molar-refractivity contribution >= 4 is 12.2 Å². The summed E-state index contributed by atoms with van der Waals surface area (Å²) in [4.78, 5) is 15.8. The number of halogens is 1. The SMILES string of the molecule is C[C@H](CCC1C=NC=C1C(=O)OCCF)c1ccccc1. The van der Waals surface area contributed by atoms with Crippen LogP contribution < -0.4 is 0 Å². The van der Waals surface area contributed by atoms with Gasteiger partial charge in [-0.1, -0.05) is 37.3 Å². The summed E-state index contributed by atoms with van der Waals surface area (Å²) >= 11 is 0. The van der Waals surface area contributed by atoms with Gasteiger partial charge in [0.1, 0.15) is 13.3 Å². The van der Waals surface area contributed by atoms with Crippen LogP contribution in [0.5, 0.6) is 0 Å². The van der Waals surface area contributed by atoms with Gasteiger partial charge in [0.2, 0.25) is 0 Å². The number of ether oxygens (including phenoxy) is 1. The Labute approximate surface area is 124 Å². The van der Waals surface area contributed by atoms with Gasteiger partial charge < -0.3 is 4.74 Å². The number of hydrogen-bond donors (Lipinski definition) is 0. The van der Waals surface area contributed by atoms with Gasteiger partial charge in [-0.15, -0.1) is 0 Å². The van der Waals surface area contributed by atoms with Gasteiger partial charge in [0, 0.05) is 18.3 Å². The van der Waals surface area contributed by atoms with Crippen LogP contribution in [0.1, 0.15) is 31.2 Å². The third-order valence-electron chi connectivity index (χ3n) is 3.70. The highest BCUT2D eigenvalue weighted by atomic mass is 19.1. The van der Waals surface area contributed by atoms with E-state index >= 15 is 0 Å². The van der Waals surface area contributed by atoms with Gasteiger partial charge >= 0.3 is 5.97 Å². The molecule has 0 bridgehead atoms. The highest BCUT2D eigenvalue weighted by Gasteiger charge is 2.24. The van der Waals surface area contributed by atoms with E-state index in [4.69, 9.17) is 4.74 Å². The first-order valence-electron chi connectivity index (χ1n) is 7.23. The van der Waals surface area contributed by atoms with Crippen LogP contribution in [-0.2, 0) is 9.53 Å². The summed E-state index contributed by atoms with van der Waals surface area (Å²) in [7, 11) is 0. The van der Waals surface area contributed by atoms with E-state index in [1.54, 1.807) is 6.21 Å². The van der Waals surface area contributed by atoms with Crippen molar-refractivity contribution in [2.75, 3.05) is 13.3 Å². The van der Waals surface area contributed by atoms with Crippen molar-refractivity contribution in [3.63, 3.8) is 0 Å². The molecule has 21 heavy (non-hydrogen) atoms. The first kappa shape index (κ1) is 15.4. The molecule has 1 unspecified atom stereocenters. The van der Waals surface area contributed by atoms with Gasteiger partial charge in [0.25, 0.3) is 0 Å². The molecule has 0 amide bonds. The molecule has 2 rings (SSSR count). The zero-order chi connectivity index (χ0) is 15.1. The average molecular weight is 289 g/mol. The van der Waals surface area contributed by atoms with Gasteiger partial charge in [-0.05, 0) is 24.3 Å². The molecule has 0 radical (unpaired) electrons. The van der Waals surface area contributed by atoms with Crippen molar-refractivity contribution in [2.45, 2.75) is 25.7 Å². The summed E-state index contributed by atoms with van der Waals surface area (Å²) in [6.07, 6.45) is 5.08. The van der Waals surface area contributed by atoms with Gasteiger partial charge in [-0.3, -0.25) is 4.99 Å². The van der Waals surface area contributed by atoms with E-state index in [1.165, 1.54) is 11.8 Å². The van der Waals surface area contributed by atoms with Gasteiger partial charge in [-0.25, -0.2) is 9.18 Å². The summed E-state index contributed by atoms with van der Waals surface area (Å²) in [6, 6.07) is 10.3. The van der Waals surface area contributed by atoms with Crippen LogP contribution in [0.15, 0.2) is 47.1 Å². The second kappa shape index (κ2) is 7.72. The molecule has 4 heteroatoms. The van der Waals surface area contributed by atoms with E-state index in [0.29, 0.717) is 11.5 Å². The fourth-order valence-corrected chi connectivity index (χ4v) is 2.43. The number of carbonyl (C=O) groups is 1. The molecular weight excluding hydrogens is 269 g/mol. The second-order valence-corrected chi connectivity index (χ2v) is 5.20. The molecule has 3 nitrogen and oxygen atoms in total. The van der Waals surface area contributed by atoms with E-state index in [9.17, 15) is 9.18 Å². The third-order valence-corrected chi connectivity index (χ3v) is 3.70. The minimum atomic E-state index is -0.657. The Morgan fingerprint density at radius 1 is 1.38 bits per heavy atom. The van der Waals surface area contributed by atoms with E-state index in [2.05, 4.69) is 24.0 Å². The number of hydrogen-bond acceptors (Lipinski definition) is 3. The van der Waals surface area contributed by atoms with Gasteiger partial charge in [0.05, 0.1) is 5.57 Å². The maximum absolute atomic E-state index is 12.1.